The molecule has 1 aliphatic carbocycles. The van der Waals surface area contributed by atoms with Crippen molar-refractivity contribution in [2.75, 3.05) is 19.0 Å². The van der Waals surface area contributed by atoms with Crippen LogP contribution >= 0.6 is 0 Å². The van der Waals surface area contributed by atoms with Gasteiger partial charge in [-0.05, 0) is 50.1 Å². The first-order chi connectivity index (χ1) is 16.9. The van der Waals surface area contributed by atoms with E-state index < -0.39 is 4.92 Å². The zero-order valence-electron chi connectivity index (χ0n) is 20.0. The molecule has 8 nitrogen and oxygen atoms in total. The number of para-hydroxylation sites is 1. The van der Waals surface area contributed by atoms with Crippen LogP contribution in [0.1, 0.15) is 60.3 Å². The van der Waals surface area contributed by atoms with Crippen LogP contribution in [0.3, 0.4) is 0 Å². The van der Waals surface area contributed by atoms with Crippen LogP contribution in [0.5, 0.6) is 5.75 Å². The van der Waals surface area contributed by atoms with Crippen molar-refractivity contribution in [2.24, 2.45) is 0 Å². The summed E-state index contributed by atoms with van der Waals surface area (Å²) in [6, 6.07) is 17.7. The van der Waals surface area contributed by atoms with Crippen molar-refractivity contribution >= 4 is 17.3 Å². The monoisotopic (exact) mass is 474 g/mol. The van der Waals surface area contributed by atoms with Gasteiger partial charge in [0.1, 0.15) is 11.4 Å². The molecule has 4 rings (SSSR count). The number of hydrogen-bond acceptors (Lipinski definition) is 6. The highest BCUT2D eigenvalue weighted by atomic mass is 16.6. The number of anilines is 1. The number of aromatic nitrogens is 1. The molecule has 1 amide bonds. The molecule has 0 spiro atoms. The van der Waals surface area contributed by atoms with Gasteiger partial charge in [0, 0.05) is 35.3 Å². The van der Waals surface area contributed by atoms with E-state index in [1.807, 2.05) is 43.3 Å². The molecule has 1 heterocycles. The van der Waals surface area contributed by atoms with Crippen molar-refractivity contribution in [3.05, 3.63) is 93.8 Å². The Hall–Kier alpha value is -3.94. The minimum Gasteiger partial charge on any atom is -0.496 e. The van der Waals surface area contributed by atoms with Crippen molar-refractivity contribution in [3.8, 4) is 5.75 Å². The summed E-state index contributed by atoms with van der Waals surface area (Å²) in [5, 5.41) is 18.0. The van der Waals surface area contributed by atoms with E-state index in [9.17, 15) is 14.9 Å². The number of amides is 1. The summed E-state index contributed by atoms with van der Waals surface area (Å²) in [6.45, 7) is 2.32. The maximum absolute atomic E-state index is 13.1. The first-order valence-corrected chi connectivity index (χ1v) is 11.8. The molecule has 182 valence electrons. The molecule has 0 aliphatic heterocycles. The second-order valence-electron chi connectivity index (χ2n) is 8.98. The number of carbonyl (C=O) groups is 1. The third-order valence-electron chi connectivity index (χ3n) is 6.79. The van der Waals surface area contributed by atoms with Crippen LogP contribution in [0.4, 0.5) is 11.4 Å². The van der Waals surface area contributed by atoms with Gasteiger partial charge < -0.3 is 15.4 Å². The normalized spacial score (nSPS) is 15.3. The maximum atomic E-state index is 13.1. The van der Waals surface area contributed by atoms with Crippen molar-refractivity contribution < 1.29 is 14.5 Å². The number of methoxy groups -OCH3 is 1. The van der Waals surface area contributed by atoms with Gasteiger partial charge >= 0.3 is 0 Å². The molecule has 1 unspecified atom stereocenters. The predicted octanol–water partition coefficient (Wildman–Crippen LogP) is 5.41. The molecule has 1 aromatic heterocycles. The van der Waals surface area contributed by atoms with E-state index in [-0.39, 0.29) is 28.6 Å². The largest absolute Gasteiger partial charge is 0.496 e. The Balaban J connectivity index is 1.52. The second kappa shape index (κ2) is 10.5. The quantitative estimate of drug-likeness (QED) is 0.317. The molecule has 35 heavy (non-hydrogen) atoms. The summed E-state index contributed by atoms with van der Waals surface area (Å²) in [5.74, 6) is 0.482. The number of nitro groups is 1. The molecule has 1 atom stereocenters. The standard InChI is InChI=1S/C27H30N4O4/c1-19(22-10-5-8-16-28-22)30-23-13-12-20(17-24(23)31(33)34)26(32)29-18-27(14-6-7-15-27)21-9-3-4-11-25(21)35-2/h3-5,8-13,16-17,19,30H,6-7,14-15,18H2,1-2H3,(H,29,32). The van der Waals surface area contributed by atoms with Gasteiger partial charge in [-0.25, -0.2) is 0 Å². The lowest BCUT2D eigenvalue weighted by molar-refractivity contribution is -0.384. The van der Waals surface area contributed by atoms with Gasteiger partial charge in [0.25, 0.3) is 11.6 Å². The molecule has 1 aliphatic rings. The predicted molar refractivity (Wildman–Crippen MR) is 135 cm³/mol. The number of rotatable bonds is 9. The molecule has 8 heteroatoms. The number of nitrogens with one attached hydrogen (secondary N) is 2. The Bertz CT molecular complexity index is 1190. The summed E-state index contributed by atoms with van der Waals surface area (Å²) >= 11 is 0. The van der Waals surface area contributed by atoms with Gasteiger partial charge in [-0.3, -0.25) is 19.9 Å². The van der Waals surface area contributed by atoms with Crippen LogP contribution in [0.15, 0.2) is 66.9 Å². The molecular formula is C27H30N4O4. The molecule has 2 aromatic carbocycles. The molecule has 0 saturated heterocycles. The van der Waals surface area contributed by atoms with Crippen molar-refractivity contribution in [1.82, 2.24) is 10.3 Å². The van der Waals surface area contributed by atoms with E-state index in [1.165, 1.54) is 6.07 Å². The van der Waals surface area contributed by atoms with E-state index in [0.717, 1.165) is 42.7 Å². The average Bonchev–Trinajstić information content (AvgIpc) is 3.38. The lowest BCUT2D eigenvalue weighted by Gasteiger charge is -2.31. The minimum atomic E-state index is -0.475. The second-order valence-corrected chi connectivity index (χ2v) is 8.98. The lowest BCUT2D eigenvalue weighted by atomic mass is 9.78. The maximum Gasteiger partial charge on any atom is 0.293 e. The van der Waals surface area contributed by atoms with Gasteiger partial charge in [-0.15, -0.1) is 0 Å². The molecule has 0 radical (unpaired) electrons. The number of benzene rings is 2. The fourth-order valence-electron chi connectivity index (χ4n) is 4.91. The lowest BCUT2D eigenvalue weighted by Crippen LogP contribution is -2.39. The number of pyridine rings is 1. The molecule has 0 bridgehead atoms. The van der Waals surface area contributed by atoms with Crippen LogP contribution in [0.25, 0.3) is 0 Å². The minimum absolute atomic E-state index is 0.152. The molecule has 2 N–H and O–H groups in total. The van der Waals surface area contributed by atoms with E-state index in [2.05, 4.69) is 21.7 Å². The summed E-state index contributed by atoms with van der Waals surface area (Å²) < 4.78 is 5.59. The Kier molecular flexibility index (Phi) is 7.29. The summed E-state index contributed by atoms with van der Waals surface area (Å²) in [5.41, 5.74) is 2.08. The average molecular weight is 475 g/mol. The number of nitro benzene ring substituents is 1. The van der Waals surface area contributed by atoms with Crippen LogP contribution in [0, 0.1) is 10.1 Å². The molecular weight excluding hydrogens is 444 g/mol. The first-order valence-electron chi connectivity index (χ1n) is 11.8. The highest BCUT2D eigenvalue weighted by Crippen LogP contribution is 2.44. The smallest absolute Gasteiger partial charge is 0.293 e. The van der Waals surface area contributed by atoms with Crippen LogP contribution < -0.4 is 15.4 Å². The Morgan fingerprint density at radius 1 is 1.14 bits per heavy atom. The van der Waals surface area contributed by atoms with Gasteiger partial charge in [-0.1, -0.05) is 37.1 Å². The number of carbonyl (C=O) groups excluding carboxylic acids is 1. The third-order valence-corrected chi connectivity index (χ3v) is 6.79. The van der Waals surface area contributed by atoms with Crippen LogP contribution in [-0.2, 0) is 5.41 Å². The van der Waals surface area contributed by atoms with Crippen LogP contribution in [-0.4, -0.2) is 29.5 Å². The van der Waals surface area contributed by atoms with Crippen LogP contribution in [0.2, 0.25) is 0 Å². The number of ether oxygens (including phenoxy) is 1. The Morgan fingerprint density at radius 2 is 1.89 bits per heavy atom. The SMILES string of the molecule is COc1ccccc1C1(CNC(=O)c2ccc(NC(C)c3ccccn3)c([N+](=O)[O-])c2)CCCC1. The summed E-state index contributed by atoms with van der Waals surface area (Å²) in [7, 11) is 1.66. The first kappa shape index (κ1) is 24.2. The van der Waals surface area contributed by atoms with E-state index >= 15 is 0 Å². The molecule has 3 aromatic rings. The van der Waals surface area contributed by atoms with Gasteiger partial charge in [0.2, 0.25) is 0 Å². The number of nitrogens with zero attached hydrogens (tertiary/aromatic N) is 2. The highest BCUT2D eigenvalue weighted by Gasteiger charge is 2.38. The highest BCUT2D eigenvalue weighted by molar-refractivity contribution is 5.95. The zero-order valence-corrected chi connectivity index (χ0v) is 20.0. The zero-order chi connectivity index (χ0) is 24.8. The van der Waals surface area contributed by atoms with E-state index in [4.69, 9.17) is 4.74 Å². The van der Waals surface area contributed by atoms with Gasteiger partial charge in [-0.2, -0.15) is 0 Å². The van der Waals surface area contributed by atoms with Crippen molar-refractivity contribution in [3.63, 3.8) is 0 Å². The summed E-state index contributed by atoms with van der Waals surface area (Å²) in [4.78, 5) is 28.7. The van der Waals surface area contributed by atoms with E-state index in [1.54, 1.807) is 25.4 Å². The third kappa shape index (κ3) is 5.26. The van der Waals surface area contributed by atoms with E-state index in [0.29, 0.717) is 12.2 Å². The Labute approximate surface area is 204 Å². The molecule has 1 saturated carbocycles. The topological polar surface area (TPSA) is 106 Å². The van der Waals surface area contributed by atoms with Gasteiger partial charge in [0.05, 0.1) is 23.8 Å². The summed E-state index contributed by atoms with van der Waals surface area (Å²) in [6.07, 6.45) is 5.73. The van der Waals surface area contributed by atoms with Crippen molar-refractivity contribution in [2.45, 2.75) is 44.1 Å². The fraction of sp³-hybridized carbons (Fsp3) is 0.333. The Morgan fingerprint density at radius 3 is 2.57 bits per heavy atom. The fourth-order valence-corrected chi connectivity index (χ4v) is 4.91. The van der Waals surface area contributed by atoms with Gasteiger partial charge in [0.15, 0.2) is 0 Å². The molecule has 1 fully saturated rings. The van der Waals surface area contributed by atoms with Crippen molar-refractivity contribution in [1.29, 1.82) is 0 Å². The number of hydrogen-bond donors (Lipinski definition) is 2.